The zero-order chi connectivity index (χ0) is 23.6. The molecule has 0 aromatic heterocycles. The van der Waals surface area contributed by atoms with E-state index in [1.807, 2.05) is 6.92 Å². The fourth-order valence-electron chi connectivity index (χ4n) is 11.3. The molecule has 6 rings (SSSR count). The summed E-state index contributed by atoms with van der Waals surface area (Å²) in [5.41, 5.74) is 2.28. The molecule has 1 unspecified atom stereocenters. The highest BCUT2D eigenvalue weighted by molar-refractivity contribution is 5.88. The third-order valence-corrected chi connectivity index (χ3v) is 13.4. The lowest BCUT2D eigenvalue weighted by Crippen LogP contribution is -2.57. The molecule has 3 nitrogen and oxygen atoms in total. The van der Waals surface area contributed by atoms with Crippen LogP contribution in [-0.2, 0) is 14.3 Å². The second-order valence-corrected chi connectivity index (χ2v) is 14.2. The summed E-state index contributed by atoms with van der Waals surface area (Å²) in [4.78, 5) is 25.1. The molecular weight excluding hydrogens is 408 g/mol. The van der Waals surface area contributed by atoms with Crippen LogP contribution in [0.2, 0.25) is 0 Å². The van der Waals surface area contributed by atoms with Gasteiger partial charge in [-0.05, 0) is 104 Å². The van der Waals surface area contributed by atoms with E-state index < -0.39 is 0 Å². The Hall–Kier alpha value is -1.12. The molecule has 0 radical (unpaired) electrons. The van der Waals surface area contributed by atoms with Crippen LogP contribution in [-0.4, -0.2) is 17.9 Å². The minimum Gasteiger partial charge on any atom is -0.458 e. The molecule has 3 heteroatoms. The summed E-state index contributed by atoms with van der Waals surface area (Å²) in [6.45, 7) is 14.0. The van der Waals surface area contributed by atoms with E-state index >= 15 is 0 Å². The third kappa shape index (κ3) is 2.48. The standard InChI is InChI=1S/C30H44O3/c1-18-7-8-21(33-25(18)32)19(2)20-11-13-28(6)23-10-9-22-26(3,4)24(31)12-14-29(22)17-30(23,29)16-15-27(20,28)5/h7,19-23H,8-17H2,1-6H3/t19-,20?,21+,22-,23-,27+,28-,29+,30-/m0/s1. The van der Waals surface area contributed by atoms with Crippen molar-refractivity contribution in [1.82, 2.24) is 0 Å². The highest BCUT2D eigenvalue weighted by Crippen LogP contribution is 2.88. The van der Waals surface area contributed by atoms with Gasteiger partial charge in [0.1, 0.15) is 11.9 Å². The Labute approximate surface area is 200 Å². The fraction of sp³-hybridized carbons (Fsp3) is 0.867. The van der Waals surface area contributed by atoms with E-state index in [2.05, 4.69) is 40.7 Å². The first-order valence-electron chi connectivity index (χ1n) is 13.8. The molecule has 2 spiro atoms. The van der Waals surface area contributed by atoms with Crippen LogP contribution in [0.5, 0.6) is 0 Å². The van der Waals surface area contributed by atoms with Crippen LogP contribution >= 0.6 is 0 Å². The maximum atomic E-state index is 12.9. The number of hydrogen-bond acceptors (Lipinski definition) is 3. The largest absolute Gasteiger partial charge is 0.458 e. The number of ether oxygens (including phenoxy) is 1. The lowest BCUT2D eigenvalue weighted by atomic mass is 9.42. The number of esters is 1. The van der Waals surface area contributed by atoms with Crippen molar-refractivity contribution in [2.24, 2.45) is 50.7 Å². The smallest absolute Gasteiger partial charge is 0.333 e. The predicted molar refractivity (Wildman–Crippen MR) is 129 cm³/mol. The number of fused-ring (bicyclic) bond motifs is 2. The van der Waals surface area contributed by atoms with E-state index in [1.165, 1.54) is 44.9 Å². The second-order valence-electron chi connectivity index (χ2n) is 14.2. The van der Waals surface area contributed by atoms with E-state index in [4.69, 9.17) is 4.74 Å². The maximum Gasteiger partial charge on any atom is 0.333 e. The average molecular weight is 453 g/mol. The van der Waals surface area contributed by atoms with Gasteiger partial charge in [0.15, 0.2) is 0 Å². The number of ketones is 1. The molecule has 0 aromatic rings. The Bertz CT molecular complexity index is 946. The molecule has 1 aliphatic heterocycles. The second kappa shape index (κ2) is 6.55. The van der Waals surface area contributed by atoms with Crippen LogP contribution in [0.15, 0.2) is 11.6 Å². The molecule has 0 aromatic carbocycles. The summed E-state index contributed by atoms with van der Waals surface area (Å²) in [5, 5.41) is 0. The zero-order valence-electron chi connectivity index (χ0n) is 21.8. The Morgan fingerprint density at radius 3 is 2.33 bits per heavy atom. The van der Waals surface area contributed by atoms with E-state index in [1.54, 1.807) is 0 Å². The molecule has 9 atom stereocenters. The monoisotopic (exact) mass is 452 g/mol. The Morgan fingerprint density at radius 1 is 0.909 bits per heavy atom. The van der Waals surface area contributed by atoms with Crippen LogP contribution in [0.3, 0.4) is 0 Å². The summed E-state index contributed by atoms with van der Waals surface area (Å²) >= 11 is 0. The van der Waals surface area contributed by atoms with Gasteiger partial charge < -0.3 is 4.74 Å². The van der Waals surface area contributed by atoms with Crippen molar-refractivity contribution in [3.63, 3.8) is 0 Å². The van der Waals surface area contributed by atoms with Gasteiger partial charge in [-0.15, -0.1) is 0 Å². The first-order chi connectivity index (χ1) is 15.4. The summed E-state index contributed by atoms with van der Waals surface area (Å²) in [6.07, 6.45) is 14.2. The van der Waals surface area contributed by atoms with Crippen LogP contribution in [0.25, 0.3) is 0 Å². The molecule has 5 fully saturated rings. The fourth-order valence-corrected chi connectivity index (χ4v) is 11.3. The number of hydrogen-bond donors (Lipinski definition) is 0. The summed E-state index contributed by atoms with van der Waals surface area (Å²) in [6, 6.07) is 0. The molecule has 0 bridgehead atoms. The first kappa shape index (κ1) is 22.4. The lowest BCUT2D eigenvalue weighted by Gasteiger charge is -2.62. The first-order valence-corrected chi connectivity index (χ1v) is 13.8. The number of Topliss-reactive ketones (excluding diaryl/α,β-unsaturated/α-hetero) is 1. The average Bonchev–Trinajstić information content (AvgIpc) is 3.35. The van der Waals surface area contributed by atoms with Crippen molar-refractivity contribution in [2.75, 3.05) is 0 Å². The van der Waals surface area contributed by atoms with Gasteiger partial charge in [0.2, 0.25) is 0 Å². The van der Waals surface area contributed by atoms with Crippen molar-refractivity contribution in [2.45, 2.75) is 112 Å². The van der Waals surface area contributed by atoms with Crippen molar-refractivity contribution in [3.8, 4) is 0 Å². The minimum atomic E-state index is -0.127. The van der Waals surface area contributed by atoms with Gasteiger partial charge in [0, 0.05) is 23.8 Å². The van der Waals surface area contributed by atoms with Gasteiger partial charge in [0.05, 0.1) is 0 Å². The molecule has 5 aliphatic carbocycles. The van der Waals surface area contributed by atoms with Crippen LogP contribution in [0.4, 0.5) is 0 Å². The van der Waals surface area contributed by atoms with Crippen molar-refractivity contribution in [1.29, 1.82) is 0 Å². The van der Waals surface area contributed by atoms with E-state index in [-0.39, 0.29) is 17.5 Å². The van der Waals surface area contributed by atoms with Gasteiger partial charge in [-0.2, -0.15) is 0 Å². The van der Waals surface area contributed by atoms with E-state index in [0.29, 0.717) is 45.2 Å². The van der Waals surface area contributed by atoms with Gasteiger partial charge in [-0.3, -0.25) is 4.79 Å². The molecule has 33 heavy (non-hydrogen) atoms. The minimum absolute atomic E-state index is 0.0365. The van der Waals surface area contributed by atoms with Gasteiger partial charge in [-0.1, -0.05) is 40.7 Å². The maximum absolute atomic E-state index is 12.9. The predicted octanol–water partition coefficient (Wildman–Crippen LogP) is 6.89. The highest BCUT2D eigenvalue weighted by Gasteiger charge is 2.82. The number of carbonyl (C=O) groups is 2. The van der Waals surface area contributed by atoms with Gasteiger partial charge in [0.25, 0.3) is 0 Å². The van der Waals surface area contributed by atoms with E-state index in [9.17, 15) is 9.59 Å². The number of cyclic esters (lactones) is 1. The normalized spacial score (nSPS) is 53.1. The molecule has 0 amide bonds. The van der Waals surface area contributed by atoms with Crippen molar-refractivity contribution >= 4 is 11.8 Å². The molecule has 5 saturated carbocycles. The molecule has 0 saturated heterocycles. The summed E-state index contributed by atoms with van der Waals surface area (Å²) in [5.74, 6) is 2.85. The zero-order valence-corrected chi connectivity index (χ0v) is 21.8. The van der Waals surface area contributed by atoms with E-state index in [0.717, 1.165) is 30.8 Å². The lowest BCUT2D eigenvalue weighted by molar-refractivity contribution is -0.162. The summed E-state index contributed by atoms with van der Waals surface area (Å²) < 4.78 is 5.93. The summed E-state index contributed by atoms with van der Waals surface area (Å²) in [7, 11) is 0. The van der Waals surface area contributed by atoms with Crippen LogP contribution < -0.4 is 0 Å². The number of carbonyl (C=O) groups excluding carboxylic acids is 2. The molecular formula is C30H44O3. The Kier molecular flexibility index (Phi) is 4.44. The van der Waals surface area contributed by atoms with Crippen LogP contribution in [0, 0.1) is 50.7 Å². The number of rotatable bonds is 2. The highest BCUT2D eigenvalue weighted by atomic mass is 16.5. The quantitative estimate of drug-likeness (QED) is 0.428. The molecule has 0 N–H and O–H groups in total. The van der Waals surface area contributed by atoms with Crippen LogP contribution in [0.1, 0.15) is 106 Å². The molecule has 1 heterocycles. The SMILES string of the molecule is CC1=CC[C@H]([C@@H](C)C2CC[C@@]3(C)[C@@H]4CC[C@H]5C(C)(C)C(=O)CC[C@@]56C[C@@]46CC[C@]23C)OC1=O. The Morgan fingerprint density at radius 2 is 1.61 bits per heavy atom. The third-order valence-electron chi connectivity index (χ3n) is 13.4. The van der Waals surface area contributed by atoms with Gasteiger partial charge >= 0.3 is 5.97 Å². The van der Waals surface area contributed by atoms with Gasteiger partial charge in [-0.25, -0.2) is 4.79 Å². The molecule has 6 aliphatic rings. The Balaban J connectivity index is 1.30. The van der Waals surface area contributed by atoms with Crippen molar-refractivity contribution in [3.05, 3.63) is 11.6 Å². The van der Waals surface area contributed by atoms with Crippen molar-refractivity contribution < 1.29 is 14.3 Å². The topological polar surface area (TPSA) is 43.4 Å². The molecule has 182 valence electrons.